The van der Waals surface area contributed by atoms with Crippen LogP contribution in [0.25, 0.3) is 0 Å². The summed E-state index contributed by atoms with van der Waals surface area (Å²) in [6, 6.07) is 13.5. The van der Waals surface area contributed by atoms with E-state index in [2.05, 4.69) is 5.32 Å². The van der Waals surface area contributed by atoms with Crippen LogP contribution in [-0.2, 0) is 22.4 Å². The lowest BCUT2D eigenvalue weighted by Crippen LogP contribution is -2.39. The minimum atomic E-state index is -0.148. The number of carbonyl (C=O) groups is 2. The van der Waals surface area contributed by atoms with Crippen LogP contribution in [0.3, 0.4) is 0 Å². The van der Waals surface area contributed by atoms with Gasteiger partial charge in [-0.2, -0.15) is 0 Å². The Bertz CT molecular complexity index is 835. The number of hydrogen-bond acceptors (Lipinski definition) is 4. The molecule has 27 heavy (non-hydrogen) atoms. The lowest BCUT2D eigenvalue weighted by Gasteiger charge is -2.17. The monoisotopic (exact) mass is 368 g/mol. The van der Waals surface area contributed by atoms with E-state index in [1.165, 1.54) is 5.56 Å². The van der Waals surface area contributed by atoms with E-state index in [-0.39, 0.29) is 18.4 Å². The van der Waals surface area contributed by atoms with E-state index in [4.69, 9.17) is 9.47 Å². The van der Waals surface area contributed by atoms with E-state index in [0.717, 1.165) is 17.7 Å². The number of amides is 2. The second kappa shape index (κ2) is 8.58. The molecule has 0 aromatic heterocycles. The fourth-order valence-corrected chi connectivity index (χ4v) is 3.25. The van der Waals surface area contributed by atoms with Crippen LogP contribution in [0.2, 0.25) is 0 Å². The molecule has 3 rings (SSSR count). The van der Waals surface area contributed by atoms with Crippen LogP contribution in [0.1, 0.15) is 17.5 Å². The van der Waals surface area contributed by atoms with Crippen molar-refractivity contribution in [2.24, 2.45) is 0 Å². The van der Waals surface area contributed by atoms with Crippen molar-refractivity contribution in [3.8, 4) is 11.5 Å². The van der Waals surface area contributed by atoms with Crippen LogP contribution in [0.4, 0.5) is 5.69 Å². The third-order valence-corrected chi connectivity index (χ3v) is 4.71. The molecule has 6 heteroatoms. The first-order chi connectivity index (χ1) is 13.1. The number of hydrogen-bond donors (Lipinski definition) is 1. The van der Waals surface area contributed by atoms with Crippen molar-refractivity contribution >= 4 is 17.5 Å². The lowest BCUT2D eigenvalue weighted by molar-refractivity contribution is -0.124. The predicted octanol–water partition coefficient (Wildman–Crippen LogP) is 2.34. The lowest BCUT2D eigenvalue weighted by atomic mass is 10.1. The molecule has 0 radical (unpaired) electrons. The summed E-state index contributed by atoms with van der Waals surface area (Å²) >= 11 is 0. The van der Waals surface area contributed by atoms with Gasteiger partial charge in [0.05, 0.1) is 20.8 Å². The Labute approximate surface area is 159 Å². The van der Waals surface area contributed by atoms with Crippen molar-refractivity contribution in [2.75, 3.05) is 32.2 Å². The quantitative estimate of drug-likeness (QED) is 0.815. The zero-order valence-electron chi connectivity index (χ0n) is 15.7. The van der Waals surface area contributed by atoms with E-state index in [9.17, 15) is 9.59 Å². The van der Waals surface area contributed by atoms with Crippen molar-refractivity contribution in [1.29, 1.82) is 0 Å². The maximum absolute atomic E-state index is 12.4. The number of nitrogens with zero attached hydrogens (tertiary/aromatic N) is 1. The summed E-state index contributed by atoms with van der Waals surface area (Å²) in [5, 5.41) is 2.73. The van der Waals surface area contributed by atoms with Crippen LogP contribution in [0, 0.1) is 0 Å². The molecule has 2 aromatic rings. The van der Waals surface area contributed by atoms with Crippen LogP contribution in [-0.4, -0.2) is 39.1 Å². The fourth-order valence-electron chi connectivity index (χ4n) is 3.25. The zero-order valence-corrected chi connectivity index (χ0v) is 15.7. The summed E-state index contributed by atoms with van der Waals surface area (Å²) in [4.78, 5) is 26.3. The van der Waals surface area contributed by atoms with Crippen molar-refractivity contribution < 1.29 is 19.1 Å². The predicted molar refractivity (Wildman–Crippen MR) is 103 cm³/mol. The number of aryl methyl sites for hydroxylation is 1. The molecule has 1 N–H and O–H groups in total. The summed E-state index contributed by atoms with van der Waals surface area (Å²) in [6.07, 6.45) is 1.72. The number of para-hydroxylation sites is 1. The molecule has 0 unspecified atom stereocenters. The van der Waals surface area contributed by atoms with E-state index in [1.807, 2.05) is 42.5 Å². The molecule has 2 amide bonds. The minimum absolute atomic E-state index is 0.0130. The molecule has 0 spiro atoms. The van der Waals surface area contributed by atoms with Gasteiger partial charge in [-0.25, -0.2) is 0 Å². The molecule has 0 atom stereocenters. The molecule has 0 saturated heterocycles. The minimum Gasteiger partial charge on any atom is -0.493 e. The Morgan fingerprint density at radius 2 is 1.85 bits per heavy atom. The van der Waals surface area contributed by atoms with Gasteiger partial charge in [0.15, 0.2) is 11.5 Å². The zero-order chi connectivity index (χ0) is 19.2. The molecule has 0 saturated carbocycles. The van der Waals surface area contributed by atoms with E-state index < -0.39 is 0 Å². The molecular formula is C21H24N2O4. The van der Waals surface area contributed by atoms with E-state index >= 15 is 0 Å². The molecule has 1 aliphatic rings. The van der Waals surface area contributed by atoms with Gasteiger partial charge in [0.1, 0.15) is 0 Å². The Kier molecular flexibility index (Phi) is 5.96. The van der Waals surface area contributed by atoms with Crippen molar-refractivity contribution in [3.05, 3.63) is 53.6 Å². The second-order valence-electron chi connectivity index (χ2n) is 6.39. The summed E-state index contributed by atoms with van der Waals surface area (Å²) < 4.78 is 10.5. The van der Waals surface area contributed by atoms with Crippen LogP contribution >= 0.6 is 0 Å². The molecule has 1 heterocycles. The van der Waals surface area contributed by atoms with Gasteiger partial charge in [-0.3, -0.25) is 9.59 Å². The first-order valence-corrected chi connectivity index (χ1v) is 8.98. The molecule has 0 aliphatic carbocycles. The highest BCUT2D eigenvalue weighted by Gasteiger charge is 2.24. The average Bonchev–Trinajstić information content (AvgIpc) is 3.14. The van der Waals surface area contributed by atoms with Crippen molar-refractivity contribution in [3.63, 3.8) is 0 Å². The first kappa shape index (κ1) is 18.8. The highest BCUT2D eigenvalue weighted by atomic mass is 16.5. The van der Waals surface area contributed by atoms with Gasteiger partial charge in [0.2, 0.25) is 11.8 Å². The molecule has 2 aromatic carbocycles. The Morgan fingerprint density at radius 3 is 2.63 bits per heavy atom. The van der Waals surface area contributed by atoms with E-state index in [1.54, 1.807) is 19.1 Å². The Balaban J connectivity index is 1.48. The molecule has 6 nitrogen and oxygen atoms in total. The van der Waals surface area contributed by atoms with Crippen LogP contribution in [0.5, 0.6) is 11.5 Å². The Morgan fingerprint density at radius 1 is 1.07 bits per heavy atom. The maximum Gasteiger partial charge on any atom is 0.246 e. The van der Waals surface area contributed by atoms with Crippen LogP contribution in [0.15, 0.2) is 42.5 Å². The topological polar surface area (TPSA) is 67.9 Å². The summed E-state index contributed by atoms with van der Waals surface area (Å²) in [7, 11) is 3.16. The van der Waals surface area contributed by atoms with Gasteiger partial charge in [0.25, 0.3) is 0 Å². The van der Waals surface area contributed by atoms with Gasteiger partial charge in [-0.1, -0.05) is 24.3 Å². The number of carbonyl (C=O) groups excluding carboxylic acids is 2. The number of benzene rings is 2. The summed E-state index contributed by atoms with van der Waals surface area (Å²) in [5.41, 5.74) is 3.09. The van der Waals surface area contributed by atoms with Gasteiger partial charge < -0.3 is 19.7 Å². The average molecular weight is 368 g/mol. The number of anilines is 1. The maximum atomic E-state index is 12.4. The molecule has 0 bridgehead atoms. The number of fused-ring (bicyclic) bond motifs is 1. The highest BCUT2D eigenvalue weighted by molar-refractivity contribution is 5.98. The number of nitrogens with one attached hydrogen (secondary N) is 1. The summed E-state index contributed by atoms with van der Waals surface area (Å²) in [5.74, 6) is 1.06. The first-order valence-electron chi connectivity index (χ1n) is 8.98. The van der Waals surface area contributed by atoms with Crippen molar-refractivity contribution in [1.82, 2.24) is 5.32 Å². The summed E-state index contributed by atoms with van der Waals surface area (Å²) in [6.45, 7) is 0.679. The number of methoxy groups -OCH3 is 2. The largest absolute Gasteiger partial charge is 0.493 e. The SMILES string of the molecule is COc1ccc(CCC(=O)NCC(=O)N2CCc3ccccc32)cc1OC. The third kappa shape index (κ3) is 4.39. The van der Waals surface area contributed by atoms with Crippen molar-refractivity contribution in [2.45, 2.75) is 19.3 Å². The second-order valence-corrected chi connectivity index (χ2v) is 6.39. The van der Waals surface area contributed by atoms with Gasteiger partial charge in [-0.05, 0) is 42.2 Å². The smallest absolute Gasteiger partial charge is 0.246 e. The standard InChI is InChI=1S/C21H24N2O4/c1-26-18-9-7-15(13-19(18)27-2)8-10-20(24)22-14-21(25)23-12-11-16-5-3-4-6-17(16)23/h3-7,9,13H,8,10-12,14H2,1-2H3,(H,22,24). The normalized spacial score (nSPS) is 12.4. The molecule has 1 aliphatic heterocycles. The highest BCUT2D eigenvalue weighted by Crippen LogP contribution is 2.28. The van der Waals surface area contributed by atoms with Crippen LogP contribution < -0.4 is 19.7 Å². The fraction of sp³-hybridized carbons (Fsp3) is 0.333. The van der Waals surface area contributed by atoms with Gasteiger partial charge in [-0.15, -0.1) is 0 Å². The number of ether oxygens (including phenoxy) is 2. The molecule has 0 fully saturated rings. The van der Waals surface area contributed by atoms with E-state index in [0.29, 0.717) is 30.9 Å². The number of rotatable bonds is 7. The van der Waals surface area contributed by atoms with Gasteiger partial charge >= 0.3 is 0 Å². The Hall–Kier alpha value is -3.02. The molecule has 142 valence electrons. The molecular weight excluding hydrogens is 344 g/mol. The van der Waals surface area contributed by atoms with Gasteiger partial charge in [0, 0.05) is 18.7 Å². The third-order valence-electron chi connectivity index (χ3n) is 4.71.